The molecule has 2 heterocycles. The number of carbonyl (C=O) groups is 1. The van der Waals surface area contributed by atoms with E-state index < -0.39 is 0 Å². The van der Waals surface area contributed by atoms with Crippen LogP contribution in [0.5, 0.6) is 0 Å². The minimum Gasteiger partial charge on any atom is -0.333 e. The van der Waals surface area contributed by atoms with Crippen LogP contribution in [-0.4, -0.2) is 33.1 Å². The average Bonchev–Trinajstić information content (AvgIpc) is 3.29. The summed E-state index contributed by atoms with van der Waals surface area (Å²) in [5.41, 5.74) is 3.52. The van der Waals surface area contributed by atoms with Gasteiger partial charge in [-0.1, -0.05) is 110 Å². The third-order valence-electron chi connectivity index (χ3n) is 5.11. The van der Waals surface area contributed by atoms with Crippen molar-refractivity contribution in [2.75, 3.05) is 13.1 Å². The molecule has 0 N–H and O–H groups in total. The maximum absolute atomic E-state index is 13.1. The van der Waals surface area contributed by atoms with Crippen molar-refractivity contribution in [1.82, 2.24) is 9.80 Å². The maximum atomic E-state index is 13.1. The number of hydrogen-bond donors (Lipinski definition) is 0. The minimum absolute atomic E-state index is 0.0261. The normalized spacial score (nSPS) is 19.4. The van der Waals surface area contributed by atoms with Gasteiger partial charge >= 0.3 is 0 Å². The molecule has 1 amide bonds. The van der Waals surface area contributed by atoms with Gasteiger partial charge in [-0.3, -0.25) is 9.69 Å². The monoisotopic (exact) mass is 452 g/mol. The highest BCUT2D eigenvalue weighted by molar-refractivity contribution is 8.27. The second kappa shape index (κ2) is 9.41. The lowest BCUT2D eigenvalue weighted by molar-refractivity contribution is -0.122. The first-order valence-corrected chi connectivity index (χ1v) is 12.3. The zero-order valence-electron chi connectivity index (χ0n) is 17.1. The molecule has 0 bridgehead atoms. The highest BCUT2D eigenvalue weighted by Crippen LogP contribution is 2.54. The fourth-order valence-electron chi connectivity index (χ4n) is 3.59. The van der Waals surface area contributed by atoms with Crippen LogP contribution in [0.25, 0.3) is 10.6 Å². The van der Waals surface area contributed by atoms with Crippen LogP contribution in [0.3, 0.4) is 0 Å². The second-order valence-electron chi connectivity index (χ2n) is 7.07. The van der Waals surface area contributed by atoms with Gasteiger partial charge in [-0.05, 0) is 24.5 Å². The van der Waals surface area contributed by atoms with E-state index in [2.05, 4.69) is 60.4 Å². The van der Waals surface area contributed by atoms with E-state index in [-0.39, 0.29) is 5.91 Å². The smallest absolute Gasteiger partial charge is 0.268 e. The van der Waals surface area contributed by atoms with Gasteiger partial charge in [0.1, 0.15) is 14.3 Å². The number of thiocarbonyl (C=S) groups is 1. The van der Waals surface area contributed by atoms with Crippen molar-refractivity contribution in [3.63, 3.8) is 0 Å². The summed E-state index contributed by atoms with van der Waals surface area (Å²) >= 11 is 8.63. The summed E-state index contributed by atoms with van der Waals surface area (Å²) in [6, 6.07) is 20.9. The lowest BCUT2D eigenvalue weighted by Crippen LogP contribution is -2.28. The van der Waals surface area contributed by atoms with E-state index in [0.717, 1.165) is 29.3 Å². The Balaban J connectivity index is 1.89. The lowest BCUT2D eigenvalue weighted by atomic mass is 10.1. The highest BCUT2D eigenvalue weighted by Gasteiger charge is 2.39. The summed E-state index contributed by atoms with van der Waals surface area (Å²) in [5, 5.41) is 1.01. The number of rotatable bonds is 6. The number of nitrogens with zero attached hydrogens (tertiary/aromatic N) is 2. The zero-order valence-corrected chi connectivity index (χ0v) is 19.6. The Bertz CT molecular complexity index is 1020. The van der Waals surface area contributed by atoms with Crippen molar-refractivity contribution >= 4 is 56.6 Å². The van der Waals surface area contributed by atoms with Gasteiger partial charge < -0.3 is 4.90 Å². The van der Waals surface area contributed by atoms with Crippen LogP contribution in [0.15, 0.2) is 70.6 Å². The predicted octanol–water partition coefficient (Wildman–Crippen LogP) is 6.41. The third-order valence-corrected chi connectivity index (χ3v) is 7.92. The molecule has 0 saturated carbocycles. The van der Waals surface area contributed by atoms with Crippen molar-refractivity contribution in [1.29, 1.82) is 0 Å². The van der Waals surface area contributed by atoms with E-state index in [9.17, 15) is 4.79 Å². The topological polar surface area (TPSA) is 23.6 Å². The Labute approximate surface area is 192 Å². The molecule has 2 aliphatic rings. The number of likely N-dealkylation sites (N-methyl/N-ethyl adjacent to an activating group) is 1. The van der Waals surface area contributed by atoms with Gasteiger partial charge in [0, 0.05) is 18.0 Å². The van der Waals surface area contributed by atoms with Crippen molar-refractivity contribution < 1.29 is 4.79 Å². The predicted molar refractivity (Wildman–Crippen MR) is 134 cm³/mol. The van der Waals surface area contributed by atoms with Crippen LogP contribution >= 0.6 is 35.7 Å². The Hall–Kier alpha value is -2.02. The molecule has 0 aromatic heterocycles. The van der Waals surface area contributed by atoms with E-state index in [1.165, 1.54) is 33.5 Å². The molecule has 2 aromatic rings. The minimum atomic E-state index is 0.0261. The average molecular weight is 453 g/mol. The van der Waals surface area contributed by atoms with Gasteiger partial charge in [0.2, 0.25) is 0 Å². The molecule has 1 fully saturated rings. The van der Waals surface area contributed by atoms with E-state index in [1.54, 1.807) is 16.7 Å². The summed E-state index contributed by atoms with van der Waals surface area (Å²) in [6.07, 6.45) is 2.14. The van der Waals surface area contributed by atoms with Gasteiger partial charge in [0.25, 0.3) is 5.91 Å². The quantitative estimate of drug-likeness (QED) is 0.372. The van der Waals surface area contributed by atoms with Crippen LogP contribution in [0.4, 0.5) is 0 Å². The van der Waals surface area contributed by atoms with Crippen molar-refractivity contribution in [2.45, 2.75) is 26.7 Å². The SMILES string of the molecule is CCCCN1C(c2ccccc2)=C(c2ccccc2)S/C1=C1/SC(=S)N(CC)C1=O. The van der Waals surface area contributed by atoms with E-state index in [4.69, 9.17) is 12.2 Å². The molecule has 0 unspecified atom stereocenters. The molecule has 0 spiro atoms. The highest BCUT2D eigenvalue weighted by atomic mass is 32.2. The van der Waals surface area contributed by atoms with Gasteiger partial charge in [-0.25, -0.2) is 0 Å². The van der Waals surface area contributed by atoms with E-state index in [0.29, 0.717) is 10.9 Å². The van der Waals surface area contributed by atoms with Crippen molar-refractivity contribution in [3.05, 3.63) is 81.7 Å². The Morgan fingerprint density at radius 3 is 2.03 bits per heavy atom. The molecule has 1 saturated heterocycles. The first kappa shape index (κ1) is 21.2. The Kier molecular flexibility index (Phi) is 6.66. The number of hydrogen-bond acceptors (Lipinski definition) is 5. The number of thioether (sulfide) groups is 2. The fraction of sp³-hybridized carbons (Fsp3) is 0.250. The number of amides is 1. The molecule has 0 aliphatic carbocycles. The van der Waals surface area contributed by atoms with E-state index in [1.807, 2.05) is 19.1 Å². The number of unbranched alkanes of at least 4 members (excludes halogenated alkanes) is 1. The standard InChI is InChI=1S/C24H24N2OS3/c1-3-5-16-26-19(17-12-8-6-9-13-17)20(18-14-10-7-11-15-18)29-23(26)21-22(27)25(4-2)24(28)30-21/h6-15H,3-5,16H2,1-2H3/b23-21+. The second-order valence-corrected chi connectivity index (χ2v) is 9.71. The van der Waals surface area contributed by atoms with Gasteiger partial charge in [-0.2, -0.15) is 0 Å². The fourth-order valence-corrected chi connectivity index (χ4v) is 6.44. The molecule has 6 heteroatoms. The Morgan fingerprint density at radius 2 is 1.47 bits per heavy atom. The molecule has 0 atom stereocenters. The van der Waals surface area contributed by atoms with Gasteiger partial charge in [0.05, 0.1) is 5.70 Å². The summed E-state index contributed by atoms with van der Waals surface area (Å²) in [6.45, 7) is 5.64. The van der Waals surface area contributed by atoms with Crippen LogP contribution in [0, 0.1) is 0 Å². The van der Waals surface area contributed by atoms with Crippen molar-refractivity contribution in [2.24, 2.45) is 0 Å². The molecular weight excluding hydrogens is 428 g/mol. The summed E-state index contributed by atoms with van der Waals surface area (Å²) in [5.74, 6) is 0.0261. The summed E-state index contributed by atoms with van der Waals surface area (Å²) in [4.78, 5) is 19.1. The summed E-state index contributed by atoms with van der Waals surface area (Å²) in [7, 11) is 0. The van der Waals surface area contributed by atoms with Crippen LogP contribution in [0.2, 0.25) is 0 Å². The number of benzene rings is 2. The molecule has 2 aliphatic heterocycles. The van der Waals surface area contributed by atoms with Crippen LogP contribution in [-0.2, 0) is 4.79 Å². The molecule has 3 nitrogen and oxygen atoms in total. The van der Waals surface area contributed by atoms with Crippen molar-refractivity contribution in [3.8, 4) is 0 Å². The number of carbonyl (C=O) groups excluding carboxylic acids is 1. The molecule has 4 rings (SSSR count). The first-order chi connectivity index (χ1) is 14.7. The molecule has 154 valence electrons. The third kappa shape index (κ3) is 3.96. The van der Waals surface area contributed by atoms with Crippen LogP contribution in [0.1, 0.15) is 37.8 Å². The maximum Gasteiger partial charge on any atom is 0.268 e. The molecular formula is C24H24N2OS3. The van der Waals surface area contributed by atoms with E-state index >= 15 is 0 Å². The molecule has 2 aromatic carbocycles. The largest absolute Gasteiger partial charge is 0.333 e. The molecule has 0 radical (unpaired) electrons. The molecule has 30 heavy (non-hydrogen) atoms. The Morgan fingerprint density at radius 1 is 0.833 bits per heavy atom. The van der Waals surface area contributed by atoms with Gasteiger partial charge in [0.15, 0.2) is 0 Å². The van der Waals surface area contributed by atoms with Gasteiger partial charge in [-0.15, -0.1) is 0 Å². The lowest BCUT2D eigenvalue weighted by Gasteiger charge is -2.24. The van der Waals surface area contributed by atoms with Crippen LogP contribution < -0.4 is 0 Å². The summed E-state index contributed by atoms with van der Waals surface area (Å²) < 4.78 is 0.649. The first-order valence-electron chi connectivity index (χ1n) is 10.2. The zero-order chi connectivity index (χ0) is 21.1.